The second kappa shape index (κ2) is 7.55. The minimum absolute atomic E-state index is 0.0304. The Morgan fingerprint density at radius 3 is 2.58 bits per heavy atom. The maximum absolute atomic E-state index is 5.41. The van der Waals surface area contributed by atoms with E-state index in [0.29, 0.717) is 19.1 Å². The molecule has 0 aliphatic rings. The van der Waals surface area contributed by atoms with Crippen LogP contribution in [0.15, 0.2) is 11.6 Å². The first-order valence-corrected chi connectivity index (χ1v) is 4.34. The summed E-state index contributed by atoms with van der Waals surface area (Å²) >= 11 is 5.33. The number of ether oxygens (including phenoxy) is 1. The van der Waals surface area contributed by atoms with Crippen LogP contribution in [0.1, 0.15) is 13.8 Å². The van der Waals surface area contributed by atoms with Crippen LogP contribution in [-0.4, -0.2) is 19.3 Å². The van der Waals surface area contributed by atoms with Gasteiger partial charge in [0.1, 0.15) is 0 Å². The number of hydrogen-bond acceptors (Lipinski definition) is 3. The molecule has 0 amide bonds. The highest BCUT2D eigenvalue weighted by atomic mass is 35.5. The Labute approximate surface area is 78.4 Å². The highest BCUT2D eigenvalue weighted by molar-refractivity contribution is 6.25. The van der Waals surface area contributed by atoms with Gasteiger partial charge in [-0.25, -0.2) is 5.90 Å². The highest BCUT2D eigenvalue weighted by Crippen LogP contribution is 2.06. The molecule has 0 bridgehead atoms. The molecule has 0 aromatic heterocycles. The Morgan fingerprint density at radius 1 is 1.50 bits per heavy atom. The maximum Gasteiger partial charge on any atom is 0.0944 e. The van der Waals surface area contributed by atoms with E-state index in [2.05, 4.69) is 4.84 Å². The third-order valence-corrected chi connectivity index (χ3v) is 1.68. The molecule has 0 aromatic carbocycles. The van der Waals surface area contributed by atoms with Crippen LogP contribution in [0.5, 0.6) is 0 Å². The Bertz CT molecular complexity index is 128. The predicted molar refractivity (Wildman–Crippen MR) is 49.7 cm³/mol. The van der Waals surface area contributed by atoms with Crippen molar-refractivity contribution >= 4 is 11.6 Å². The number of hydrogen-bond donors (Lipinski definition) is 1. The lowest BCUT2D eigenvalue weighted by atomic mass is 10.1. The summed E-state index contributed by atoms with van der Waals surface area (Å²) < 4.78 is 5.41. The quantitative estimate of drug-likeness (QED) is 0.653. The van der Waals surface area contributed by atoms with Crippen LogP contribution in [0.4, 0.5) is 0 Å². The van der Waals surface area contributed by atoms with E-state index in [1.165, 1.54) is 5.54 Å². The summed E-state index contributed by atoms with van der Waals surface area (Å²) in [6.45, 7) is 5.01. The first kappa shape index (κ1) is 11.9. The minimum atomic E-state index is 0.0304. The largest absolute Gasteiger partial charge is 0.371 e. The Kier molecular flexibility index (Phi) is 7.50. The summed E-state index contributed by atoms with van der Waals surface area (Å²) in [6.07, 6.45) is 1.76. The summed E-state index contributed by atoms with van der Waals surface area (Å²) in [5.41, 5.74) is 1.43. The smallest absolute Gasteiger partial charge is 0.0944 e. The molecule has 0 rings (SSSR count). The number of rotatable bonds is 6. The van der Waals surface area contributed by atoms with Gasteiger partial charge in [-0.3, -0.25) is 0 Å². The van der Waals surface area contributed by atoms with Crippen molar-refractivity contribution in [3.05, 3.63) is 11.6 Å². The topological polar surface area (TPSA) is 44.5 Å². The van der Waals surface area contributed by atoms with Crippen molar-refractivity contribution in [2.75, 3.05) is 13.2 Å². The Hall–Kier alpha value is -0.0900. The molecular formula is C8H16ClNO2. The van der Waals surface area contributed by atoms with Crippen molar-refractivity contribution in [3.63, 3.8) is 0 Å². The third kappa shape index (κ3) is 5.55. The van der Waals surface area contributed by atoms with Gasteiger partial charge in [0, 0.05) is 5.54 Å². The molecule has 12 heavy (non-hydrogen) atoms. The van der Waals surface area contributed by atoms with E-state index in [0.717, 1.165) is 0 Å². The normalized spacial score (nSPS) is 14.4. The van der Waals surface area contributed by atoms with Gasteiger partial charge in [-0.15, -0.1) is 0 Å². The van der Waals surface area contributed by atoms with Crippen LogP contribution in [0, 0.1) is 5.92 Å². The first-order chi connectivity index (χ1) is 5.72. The molecule has 2 N–H and O–H groups in total. The fourth-order valence-electron chi connectivity index (χ4n) is 0.743. The molecule has 0 aliphatic carbocycles. The van der Waals surface area contributed by atoms with Gasteiger partial charge in [0.15, 0.2) is 0 Å². The molecule has 0 fully saturated rings. The molecule has 3 nitrogen and oxygen atoms in total. The zero-order valence-corrected chi connectivity index (χ0v) is 8.25. The molecule has 4 heteroatoms. The lowest BCUT2D eigenvalue weighted by molar-refractivity contribution is -0.0296. The monoisotopic (exact) mass is 193 g/mol. The predicted octanol–water partition coefficient (Wildman–Crippen LogP) is 1.67. The molecule has 0 aromatic rings. The molecule has 1 atom stereocenters. The van der Waals surface area contributed by atoms with E-state index in [4.69, 9.17) is 22.2 Å². The van der Waals surface area contributed by atoms with Crippen molar-refractivity contribution in [3.8, 4) is 0 Å². The van der Waals surface area contributed by atoms with Crippen molar-refractivity contribution in [1.29, 1.82) is 0 Å². The van der Waals surface area contributed by atoms with Crippen LogP contribution >= 0.6 is 11.6 Å². The lowest BCUT2D eigenvalue weighted by Crippen LogP contribution is -2.27. The van der Waals surface area contributed by atoms with Crippen LogP contribution < -0.4 is 5.90 Å². The summed E-state index contributed by atoms with van der Waals surface area (Å²) in [6, 6.07) is 0. The zero-order valence-electron chi connectivity index (χ0n) is 7.50. The molecule has 0 radical (unpaired) electrons. The van der Waals surface area contributed by atoms with Gasteiger partial charge in [-0.05, 0) is 12.0 Å². The molecule has 0 aliphatic heterocycles. The van der Waals surface area contributed by atoms with Gasteiger partial charge >= 0.3 is 0 Å². The van der Waals surface area contributed by atoms with Crippen molar-refractivity contribution < 1.29 is 9.57 Å². The summed E-state index contributed by atoms with van der Waals surface area (Å²) in [4.78, 5) is 4.51. The van der Waals surface area contributed by atoms with E-state index >= 15 is 0 Å². The van der Waals surface area contributed by atoms with Crippen molar-refractivity contribution in [2.45, 2.75) is 20.0 Å². The average Bonchev–Trinajstić information content (AvgIpc) is 2.03. The molecule has 72 valence electrons. The van der Waals surface area contributed by atoms with E-state index in [-0.39, 0.29) is 6.10 Å². The van der Waals surface area contributed by atoms with Gasteiger partial charge in [0.05, 0.1) is 19.3 Å². The number of halogens is 1. The molecular weight excluding hydrogens is 178 g/mol. The van der Waals surface area contributed by atoms with E-state index in [1.54, 1.807) is 6.08 Å². The fourth-order valence-corrected chi connectivity index (χ4v) is 0.816. The van der Waals surface area contributed by atoms with Crippen LogP contribution in [0.2, 0.25) is 0 Å². The lowest BCUT2D eigenvalue weighted by Gasteiger charge is -2.18. The Morgan fingerprint density at radius 2 is 2.17 bits per heavy atom. The molecule has 0 heterocycles. The highest BCUT2D eigenvalue weighted by Gasteiger charge is 2.12. The van der Waals surface area contributed by atoms with E-state index in [9.17, 15) is 0 Å². The van der Waals surface area contributed by atoms with E-state index in [1.807, 2.05) is 13.8 Å². The third-order valence-electron chi connectivity index (χ3n) is 1.50. The fraction of sp³-hybridized carbons (Fsp3) is 0.750. The van der Waals surface area contributed by atoms with Crippen LogP contribution in [-0.2, 0) is 9.57 Å². The van der Waals surface area contributed by atoms with Gasteiger partial charge in [0.25, 0.3) is 0 Å². The second-order valence-corrected chi connectivity index (χ2v) is 3.06. The van der Waals surface area contributed by atoms with Gasteiger partial charge in [0.2, 0.25) is 0 Å². The molecule has 0 saturated heterocycles. The van der Waals surface area contributed by atoms with Gasteiger partial charge < -0.3 is 9.57 Å². The first-order valence-electron chi connectivity index (χ1n) is 3.90. The SMILES string of the molecule is CC(C)C(CON)OC/C=C/Cl. The van der Waals surface area contributed by atoms with Crippen molar-refractivity contribution in [1.82, 2.24) is 0 Å². The second-order valence-electron chi connectivity index (χ2n) is 2.81. The van der Waals surface area contributed by atoms with Crippen molar-refractivity contribution in [2.24, 2.45) is 11.8 Å². The summed E-state index contributed by atoms with van der Waals surface area (Å²) in [5, 5.41) is 0. The molecule has 0 saturated carbocycles. The molecule has 1 unspecified atom stereocenters. The van der Waals surface area contributed by atoms with Crippen LogP contribution in [0.25, 0.3) is 0 Å². The maximum atomic E-state index is 5.41. The number of nitrogens with two attached hydrogens (primary N) is 1. The Balaban J connectivity index is 3.63. The molecule has 0 spiro atoms. The van der Waals surface area contributed by atoms with Gasteiger partial charge in [-0.2, -0.15) is 0 Å². The average molecular weight is 194 g/mol. The zero-order chi connectivity index (χ0) is 9.40. The van der Waals surface area contributed by atoms with Crippen LogP contribution in [0.3, 0.4) is 0 Å². The van der Waals surface area contributed by atoms with Gasteiger partial charge in [-0.1, -0.05) is 25.4 Å². The van der Waals surface area contributed by atoms with E-state index < -0.39 is 0 Å². The summed E-state index contributed by atoms with van der Waals surface area (Å²) in [7, 11) is 0. The standard InChI is InChI=1S/C8H16ClNO2/c1-7(2)8(6-12-10)11-5-3-4-9/h3-4,7-8H,5-6,10H2,1-2H3/b4-3+. The minimum Gasteiger partial charge on any atom is -0.371 e. The summed E-state index contributed by atoms with van der Waals surface area (Å²) in [5.74, 6) is 5.33.